The van der Waals surface area contributed by atoms with Crippen LogP contribution in [-0.4, -0.2) is 42.2 Å². The van der Waals surface area contributed by atoms with E-state index in [0.717, 1.165) is 12.0 Å². The van der Waals surface area contributed by atoms with Crippen molar-refractivity contribution in [3.63, 3.8) is 0 Å². The van der Waals surface area contributed by atoms with Crippen molar-refractivity contribution >= 4 is 18.3 Å². The number of benzene rings is 1. The lowest BCUT2D eigenvalue weighted by molar-refractivity contribution is 0.00578. The van der Waals surface area contributed by atoms with Gasteiger partial charge in [-0.05, 0) is 45.4 Å². The van der Waals surface area contributed by atoms with Crippen LogP contribution in [0.15, 0.2) is 36.7 Å². The highest BCUT2D eigenvalue weighted by Gasteiger charge is 2.52. The summed E-state index contributed by atoms with van der Waals surface area (Å²) >= 11 is 0. The molecule has 0 saturated carbocycles. The summed E-state index contributed by atoms with van der Waals surface area (Å²) in [5, 5.41) is 4.47. The molecule has 3 rings (SSSR count). The van der Waals surface area contributed by atoms with Gasteiger partial charge in [0, 0.05) is 37.6 Å². The van der Waals surface area contributed by atoms with Crippen LogP contribution in [0, 0.1) is 0 Å². The lowest BCUT2D eigenvalue weighted by atomic mass is 9.82. The largest absolute Gasteiger partial charge is 0.498 e. The van der Waals surface area contributed by atoms with Crippen LogP contribution in [0.4, 0.5) is 5.69 Å². The van der Waals surface area contributed by atoms with E-state index in [0.29, 0.717) is 0 Å². The zero-order valence-electron chi connectivity index (χ0n) is 15.4. The normalized spacial score (nSPS) is 18.8. The maximum Gasteiger partial charge on any atom is 0.498 e. The van der Waals surface area contributed by atoms with Crippen molar-refractivity contribution in [2.24, 2.45) is 0 Å². The zero-order chi connectivity index (χ0) is 17.5. The molecule has 0 N–H and O–H groups in total. The smallest absolute Gasteiger partial charge is 0.399 e. The molecule has 1 saturated heterocycles. The van der Waals surface area contributed by atoms with Crippen molar-refractivity contribution in [3.8, 4) is 0 Å². The molecule has 1 aliphatic rings. The van der Waals surface area contributed by atoms with E-state index >= 15 is 0 Å². The Kier molecular flexibility index (Phi) is 4.22. The fourth-order valence-corrected chi connectivity index (χ4v) is 2.69. The molecule has 0 aliphatic carbocycles. The first-order valence-electron chi connectivity index (χ1n) is 8.32. The summed E-state index contributed by atoms with van der Waals surface area (Å²) in [6, 6.07) is 8.46. The highest BCUT2D eigenvalue weighted by molar-refractivity contribution is 6.61. The summed E-state index contributed by atoms with van der Waals surface area (Å²) in [7, 11) is 3.73. The Hall–Kier alpha value is -1.79. The van der Waals surface area contributed by atoms with E-state index in [-0.39, 0.29) is 18.3 Å². The molecule has 5 nitrogen and oxygen atoms in total. The fourth-order valence-electron chi connectivity index (χ4n) is 2.69. The summed E-state index contributed by atoms with van der Waals surface area (Å²) in [6.07, 6.45) is 3.84. The molecule has 1 aromatic heterocycles. The van der Waals surface area contributed by atoms with Crippen molar-refractivity contribution in [2.75, 3.05) is 19.0 Å². The van der Waals surface area contributed by atoms with Gasteiger partial charge in [-0.25, -0.2) is 0 Å². The molecule has 2 heterocycles. The third kappa shape index (κ3) is 3.21. The Morgan fingerprint density at radius 1 is 1.12 bits per heavy atom. The topological polar surface area (TPSA) is 39.5 Å². The first-order chi connectivity index (χ1) is 11.2. The molecule has 0 amide bonds. The predicted octanol–water partition coefficient (Wildman–Crippen LogP) is 2.30. The molecule has 24 heavy (non-hydrogen) atoms. The van der Waals surface area contributed by atoms with Gasteiger partial charge in [-0.3, -0.25) is 4.68 Å². The third-order valence-electron chi connectivity index (χ3n) is 4.95. The van der Waals surface area contributed by atoms with Crippen LogP contribution in [-0.2, 0) is 15.9 Å². The van der Waals surface area contributed by atoms with Gasteiger partial charge in [0.05, 0.1) is 17.7 Å². The van der Waals surface area contributed by atoms with Crippen molar-refractivity contribution in [2.45, 2.75) is 45.4 Å². The summed E-state index contributed by atoms with van der Waals surface area (Å²) in [5.41, 5.74) is 2.69. The number of hydrogen-bond donors (Lipinski definition) is 0. The molecule has 0 unspecified atom stereocenters. The Bertz CT molecular complexity index is 709. The molecule has 0 atom stereocenters. The van der Waals surface area contributed by atoms with Crippen LogP contribution in [0.1, 0.15) is 33.3 Å². The van der Waals surface area contributed by atoms with Gasteiger partial charge in [-0.2, -0.15) is 5.10 Å². The maximum absolute atomic E-state index is 6.08. The van der Waals surface area contributed by atoms with E-state index in [1.54, 1.807) is 0 Å². The van der Waals surface area contributed by atoms with E-state index in [9.17, 15) is 0 Å². The molecule has 1 aromatic carbocycles. The summed E-state index contributed by atoms with van der Waals surface area (Å²) in [6.45, 7) is 8.96. The van der Waals surface area contributed by atoms with Crippen LogP contribution < -0.4 is 10.4 Å². The molecule has 6 heteroatoms. The molecule has 1 aliphatic heterocycles. The summed E-state index contributed by atoms with van der Waals surface area (Å²) in [5.74, 6) is 0. The van der Waals surface area contributed by atoms with E-state index in [1.807, 2.05) is 31.2 Å². The number of rotatable bonds is 4. The van der Waals surface area contributed by atoms with Crippen molar-refractivity contribution < 1.29 is 9.31 Å². The number of hydrogen-bond acceptors (Lipinski definition) is 4. The Morgan fingerprint density at radius 3 is 2.42 bits per heavy atom. The van der Waals surface area contributed by atoms with Gasteiger partial charge in [0.25, 0.3) is 0 Å². The monoisotopic (exact) mass is 327 g/mol. The second-order valence-corrected chi connectivity index (χ2v) is 7.62. The van der Waals surface area contributed by atoms with Crippen LogP contribution in [0.3, 0.4) is 0 Å². The lowest BCUT2D eigenvalue weighted by Gasteiger charge is -2.32. The first kappa shape index (κ1) is 17.1. The minimum absolute atomic E-state index is 0.334. The quantitative estimate of drug-likeness (QED) is 0.808. The summed E-state index contributed by atoms with van der Waals surface area (Å²) in [4.78, 5) is 2.10. The molecular formula is C18H26BN3O2. The van der Waals surface area contributed by atoms with Gasteiger partial charge >= 0.3 is 7.12 Å². The third-order valence-corrected chi connectivity index (χ3v) is 4.95. The second-order valence-electron chi connectivity index (χ2n) is 7.62. The lowest BCUT2D eigenvalue weighted by Crippen LogP contribution is -2.41. The van der Waals surface area contributed by atoms with Crippen molar-refractivity contribution in [1.82, 2.24) is 9.78 Å². The van der Waals surface area contributed by atoms with Crippen molar-refractivity contribution in [3.05, 3.63) is 42.2 Å². The van der Waals surface area contributed by atoms with E-state index < -0.39 is 0 Å². The minimum atomic E-state index is -0.364. The first-order valence-corrected chi connectivity index (χ1v) is 8.32. The van der Waals surface area contributed by atoms with Gasteiger partial charge in [0.15, 0.2) is 0 Å². The maximum atomic E-state index is 6.08. The number of aromatic nitrogens is 2. The molecule has 128 valence electrons. The standard InChI is InChI=1S/C18H26BN3O2/c1-17(2)18(3,4)24-19(23-17)15-11-20-22(13-15)12-14-8-7-9-16(10-14)21(5)6/h7-11,13H,12H2,1-6H3. The van der Waals surface area contributed by atoms with Crippen LogP contribution in [0.25, 0.3) is 0 Å². The molecule has 0 bridgehead atoms. The van der Waals surface area contributed by atoms with Gasteiger partial charge in [0.2, 0.25) is 0 Å². The van der Waals surface area contributed by atoms with Crippen LogP contribution >= 0.6 is 0 Å². The SMILES string of the molecule is CN(C)c1cccc(Cn2cc(B3OC(C)(C)C(C)(C)O3)cn2)c1. The highest BCUT2D eigenvalue weighted by Crippen LogP contribution is 2.36. The van der Waals surface area contributed by atoms with E-state index in [2.05, 4.69) is 62.0 Å². The minimum Gasteiger partial charge on any atom is -0.399 e. The number of nitrogens with zero attached hydrogens (tertiary/aromatic N) is 3. The molecule has 1 fully saturated rings. The second kappa shape index (κ2) is 5.94. The van der Waals surface area contributed by atoms with Crippen LogP contribution in [0.5, 0.6) is 0 Å². The Labute approximate surface area is 144 Å². The average Bonchev–Trinajstić information content (AvgIpc) is 3.02. The van der Waals surface area contributed by atoms with E-state index in [4.69, 9.17) is 9.31 Å². The molecule has 0 spiro atoms. The van der Waals surface area contributed by atoms with Crippen LogP contribution in [0.2, 0.25) is 0 Å². The van der Waals surface area contributed by atoms with Gasteiger partial charge in [0.1, 0.15) is 0 Å². The predicted molar refractivity (Wildman–Crippen MR) is 97.8 cm³/mol. The zero-order valence-corrected chi connectivity index (χ0v) is 15.4. The van der Waals surface area contributed by atoms with Gasteiger partial charge in [-0.15, -0.1) is 0 Å². The fraction of sp³-hybridized carbons (Fsp3) is 0.500. The average molecular weight is 327 g/mol. The Balaban J connectivity index is 1.74. The number of anilines is 1. The van der Waals surface area contributed by atoms with Gasteiger partial charge < -0.3 is 14.2 Å². The van der Waals surface area contributed by atoms with Crippen molar-refractivity contribution in [1.29, 1.82) is 0 Å². The molecule has 2 aromatic rings. The summed E-state index contributed by atoms with van der Waals surface area (Å²) < 4.78 is 14.1. The highest BCUT2D eigenvalue weighted by atomic mass is 16.7. The molecular weight excluding hydrogens is 301 g/mol. The van der Waals surface area contributed by atoms with Gasteiger partial charge in [-0.1, -0.05) is 12.1 Å². The molecule has 0 radical (unpaired) electrons. The Morgan fingerprint density at radius 2 is 1.79 bits per heavy atom. The van der Waals surface area contributed by atoms with E-state index in [1.165, 1.54) is 11.3 Å².